The van der Waals surface area contributed by atoms with Crippen LogP contribution in [0.1, 0.15) is 6.92 Å². The zero-order chi connectivity index (χ0) is 5.70. The molecule has 0 aromatic rings. The first-order chi connectivity index (χ1) is 3.35. The van der Waals surface area contributed by atoms with E-state index in [9.17, 15) is 0 Å². The monoisotopic (exact) mass is 115 g/mol. The van der Waals surface area contributed by atoms with Gasteiger partial charge in [0.05, 0.1) is 5.03 Å². The summed E-state index contributed by atoms with van der Waals surface area (Å²) >= 11 is 1.60. The Morgan fingerprint density at radius 1 is 1.86 bits per heavy atom. The summed E-state index contributed by atoms with van der Waals surface area (Å²) in [4.78, 5) is 3.70. The second kappa shape index (κ2) is 3.93. The van der Waals surface area contributed by atoms with Crippen LogP contribution in [0.4, 0.5) is 0 Å². The van der Waals surface area contributed by atoms with Crippen LogP contribution in [0.15, 0.2) is 16.1 Å². The van der Waals surface area contributed by atoms with Gasteiger partial charge in [0.2, 0.25) is 0 Å². The van der Waals surface area contributed by atoms with Gasteiger partial charge in [-0.3, -0.25) is 4.99 Å². The van der Waals surface area contributed by atoms with Gasteiger partial charge in [-0.25, -0.2) is 0 Å². The lowest BCUT2D eigenvalue weighted by Gasteiger charge is -1.87. The Labute approximate surface area is 48.5 Å². The molecule has 1 nitrogen and oxygen atoms in total. The molecule has 0 aliphatic heterocycles. The van der Waals surface area contributed by atoms with E-state index in [0.29, 0.717) is 0 Å². The van der Waals surface area contributed by atoms with E-state index in [1.54, 1.807) is 11.8 Å². The van der Waals surface area contributed by atoms with Crippen LogP contribution in [0, 0.1) is 0 Å². The number of nitrogens with zero attached hydrogens (tertiary/aromatic N) is 1. The summed E-state index contributed by atoms with van der Waals surface area (Å²) in [7, 11) is 0. The first kappa shape index (κ1) is 6.76. The minimum atomic E-state index is 0.986. The number of aliphatic imine (C=N–C) groups is 1. The fourth-order valence-electron chi connectivity index (χ4n) is 0.274. The predicted octanol–water partition coefficient (Wildman–Crippen LogP) is 1.91. The molecule has 0 aromatic carbocycles. The minimum absolute atomic E-state index is 0.986. The van der Waals surface area contributed by atoms with Crippen LogP contribution in [0.2, 0.25) is 0 Å². The first-order valence-electron chi connectivity index (χ1n) is 2.02. The first-order valence-corrected chi connectivity index (χ1v) is 3.24. The molecule has 0 N–H and O–H groups in total. The van der Waals surface area contributed by atoms with E-state index in [1.165, 1.54) is 0 Å². The third-order valence-electron chi connectivity index (χ3n) is 0.612. The molecule has 40 valence electrons. The van der Waals surface area contributed by atoms with Crippen LogP contribution in [0.3, 0.4) is 0 Å². The van der Waals surface area contributed by atoms with E-state index in [-0.39, 0.29) is 0 Å². The second-order valence-corrected chi connectivity index (χ2v) is 1.82. The lowest BCUT2D eigenvalue weighted by Crippen LogP contribution is -1.61. The molecule has 0 aliphatic rings. The minimum Gasteiger partial charge on any atom is -0.258 e. The molecule has 0 unspecified atom stereocenters. The number of rotatable bonds is 2. The molecule has 0 rings (SSSR count). The fraction of sp³-hybridized carbons (Fsp3) is 0.400. The van der Waals surface area contributed by atoms with Crippen molar-refractivity contribution in [2.45, 2.75) is 6.92 Å². The van der Waals surface area contributed by atoms with E-state index < -0.39 is 0 Å². The van der Waals surface area contributed by atoms with Crippen molar-refractivity contribution in [3.05, 3.63) is 11.1 Å². The third-order valence-corrected chi connectivity index (χ3v) is 1.40. The highest BCUT2D eigenvalue weighted by molar-refractivity contribution is 8.02. The van der Waals surface area contributed by atoms with Crippen LogP contribution >= 0.6 is 11.8 Å². The molecule has 0 saturated carbocycles. The van der Waals surface area contributed by atoms with E-state index in [1.807, 2.05) is 19.3 Å². The summed E-state index contributed by atoms with van der Waals surface area (Å²) in [6.45, 7) is 5.31. The van der Waals surface area contributed by atoms with Gasteiger partial charge in [-0.15, -0.1) is 11.8 Å². The molecule has 0 fully saturated rings. The Balaban J connectivity index is 3.60. The maximum absolute atomic E-state index is 3.70. The van der Waals surface area contributed by atoms with E-state index in [0.717, 1.165) is 5.03 Å². The Morgan fingerprint density at radius 3 is 2.43 bits per heavy atom. The highest BCUT2D eigenvalue weighted by atomic mass is 32.2. The van der Waals surface area contributed by atoms with Crippen LogP contribution in [-0.2, 0) is 0 Å². The van der Waals surface area contributed by atoms with Gasteiger partial charge >= 0.3 is 0 Å². The quantitative estimate of drug-likeness (QED) is 0.501. The normalized spacial score (nSPS) is 11.4. The predicted molar refractivity (Wildman–Crippen MR) is 36.8 cm³/mol. The Morgan fingerprint density at radius 2 is 2.43 bits per heavy atom. The number of hydrogen-bond donors (Lipinski definition) is 0. The van der Waals surface area contributed by atoms with E-state index >= 15 is 0 Å². The molecule has 2 heteroatoms. The van der Waals surface area contributed by atoms with Gasteiger partial charge in [0.1, 0.15) is 0 Å². The second-order valence-electron chi connectivity index (χ2n) is 0.989. The zero-order valence-electron chi connectivity index (χ0n) is 4.64. The summed E-state index contributed by atoms with van der Waals surface area (Å²) < 4.78 is 0. The summed E-state index contributed by atoms with van der Waals surface area (Å²) in [6, 6.07) is 0. The molecule has 7 heavy (non-hydrogen) atoms. The molecular formula is C5H9NS. The highest BCUT2D eigenvalue weighted by Gasteiger charge is 1.79. The average molecular weight is 115 g/mol. The molecule has 0 aromatic heterocycles. The molecule has 0 heterocycles. The van der Waals surface area contributed by atoms with Crippen molar-refractivity contribution < 1.29 is 0 Å². The van der Waals surface area contributed by atoms with Crippen molar-refractivity contribution in [1.82, 2.24) is 0 Å². The molecular weight excluding hydrogens is 106 g/mol. The largest absolute Gasteiger partial charge is 0.258 e. The van der Waals surface area contributed by atoms with Crippen LogP contribution < -0.4 is 0 Å². The molecule has 0 atom stereocenters. The summed E-state index contributed by atoms with van der Waals surface area (Å²) in [5.74, 6) is 0. The number of thioether (sulfide) groups is 1. The van der Waals surface area contributed by atoms with Crippen molar-refractivity contribution in [1.29, 1.82) is 0 Å². The van der Waals surface area contributed by atoms with Gasteiger partial charge in [0, 0.05) is 0 Å². The maximum Gasteiger partial charge on any atom is 0.0907 e. The number of allylic oxidation sites excluding steroid dienone is 1. The SMILES string of the molecule is C=NC(=CC)SC. The Hall–Kier alpha value is -0.240. The Kier molecular flexibility index (Phi) is 3.80. The van der Waals surface area contributed by atoms with Gasteiger partial charge < -0.3 is 0 Å². The van der Waals surface area contributed by atoms with Crippen molar-refractivity contribution in [3.63, 3.8) is 0 Å². The summed E-state index contributed by atoms with van der Waals surface area (Å²) in [6.07, 6.45) is 3.90. The molecule has 0 aliphatic carbocycles. The van der Waals surface area contributed by atoms with E-state index in [4.69, 9.17) is 0 Å². The van der Waals surface area contributed by atoms with Crippen molar-refractivity contribution in [2.24, 2.45) is 4.99 Å². The van der Waals surface area contributed by atoms with Crippen molar-refractivity contribution in [3.8, 4) is 0 Å². The standard InChI is InChI=1S/C5H9NS/c1-4-5(6-2)7-3/h4H,2H2,1,3H3. The topological polar surface area (TPSA) is 12.4 Å². The molecule has 0 saturated heterocycles. The summed E-state index contributed by atoms with van der Waals surface area (Å²) in [5.41, 5.74) is 0. The lowest BCUT2D eigenvalue weighted by molar-refractivity contribution is 1.52. The summed E-state index contributed by atoms with van der Waals surface area (Å²) in [5, 5.41) is 0.986. The van der Waals surface area contributed by atoms with Gasteiger partial charge in [-0.05, 0) is 19.9 Å². The van der Waals surface area contributed by atoms with Crippen molar-refractivity contribution >= 4 is 18.5 Å². The van der Waals surface area contributed by atoms with Crippen LogP contribution in [0.25, 0.3) is 0 Å². The average Bonchev–Trinajstić information content (AvgIpc) is 1.72. The smallest absolute Gasteiger partial charge is 0.0907 e. The fourth-order valence-corrected chi connectivity index (χ4v) is 0.638. The lowest BCUT2D eigenvalue weighted by atomic mass is 10.7. The zero-order valence-corrected chi connectivity index (χ0v) is 5.46. The van der Waals surface area contributed by atoms with Gasteiger partial charge in [0.25, 0.3) is 0 Å². The van der Waals surface area contributed by atoms with Crippen LogP contribution in [0.5, 0.6) is 0 Å². The van der Waals surface area contributed by atoms with Gasteiger partial charge in [-0.1, -0.05) is 6.08 Å². The maximum atomic E-state index is 3.70. The van der Waals surface area contributed by atoms with Gasteiger partial charge in [0.15, 0.2) is 0 Å². The highest BCUT2D eigenvalue weighted by Crippen LogP contribution is 2.09. The molecule has 0 radical (unpaired) electrons. The van der Waals surface area contributed by atoms with Gasteiger partial charge in [-0.2, -0.15) is 0 Å². The molecule has 0 spiro atoms. The van der Waals surface area contributed by atoms with E-state index in [2.05, 4.69) is 11.7 Å². The molecule has 0 bridgehead atoms. The molecule has 0 amide bonds. The van der Waals surface area contributed by atoms with Crippen LogP contribution in [-0.4, -0.2) is 13.0 Å². The third kappa shape index (κ3) is 2.45. The Bertz CT molecular complexity index is 86.1. The van der Waals surface area contributed by atoms with Crippen molar-refractivity contribution in [2.75, 3.05) is 6.26 Å². The number of hydrogen-bond acceptors (Lipinski definition) is 2.